The lowest BCUT2D eigenvalue weighted by Crippen LogP contribution is -2.40. The first kappa shape index (κ1) is 18.9. The van der Waals surface area contributed by atoms with E-state index >= 15 is 0 Å². The summed E-state index contributed by atoms with van der Waals surface area (Å²) >= 11 is 0. The Bertz CT molecular complexity index is 805. The molecule has 0 saturated carbocycles. The van der Waals surface area contributed by atoms with Gasteiger partial charge < -0.3 is 20.7 Å². The van der Waals surface area contributed by atoms with E-state index < -0.39 is 0 Å². The molecule has 1 fully saturated rings. The molecule has 0 bridgehead atoms. The summed E-state index contributed by atoms with van der Waals surface area (Å²) in [6.07, 6.45) is 1.60. The van der Waals surface area contributed by atoms with Crippen LogP contribution in [0.4, 0.5) is 11.4 Å². The minimum atomic E-state index is -0.269. The zero-order valence-corrected chi connectivity index (χ0v) is 15.6. The van der Waals surface area contributed by atoms with Crippen molar-refractivity contribution in [3.63, 3.8) is 0 Å². The number of para-hydroxylation sites is 1. The summed E-state index contributed by atoms with van der Waals surface area (Å²) in [7, 11) is 1.59. The molecule has 1 heterocycles. The summed E-state index contributed by atoms with van der Waals surface area (Å²) in [6, 6.07) is 14.5. The van der Waals surface area contributed by atoms with E-state index in [1.165, 1.54) is 0 Å². The van der Waals surface area contributed by atoms with Crippen molar-refractivity contribution in [1.82, 2.24) is 5.32 Å². The van der Waals surface area contributed by atoms with Gasteiger partial charge in [-0.2, -0.15) is 0 Å². The van der Waals surface area contributed by atoms with Gasteiger partial charge in [0, 0.05) is 17.6 Å². The smallest absolute Gasteiger partial charge is 0.257 e. The lowest BCUT2D eigenvalue weighted by atomic mass is 9.92. The van der Waals surface area contributed by atoms with Crippen molar-refractivity contribution in [3.05, 3.63) is 54.1 Å². The van der Waals surface area contributed by atoms with E-state index in [0.717, 1.165) is 25.1 Å². The van der Waals surface area contributed by atoms with E-state index in [1.807, 2.05) is 6.07 Å². The van der Waals surface area contributed by atoms with Crippen molar-refractivity contribution in [2.24, 2.45) is 5.92 Å². The van der Waals surface area contributed by atoms with Gasteiger partial charge in [0.1, 0.15) is 5.75 Å². The van der Waals surface area contributed by atoms with Gasteiger partial charge in [0.05, 0.1) is 18.4 Å². The highest BCUT2D eigenvalue weighted by atomic mass is 16.5. The van der Waals surface area contributed by atoms with Crippen LogP contribution in [0.3, 0.4) is 0 Å². The Morgan fingerprint density at radius 3 is 2.52 bits per heavy atom. The summed E-state index contributed by atoms with van der Waals surface area (Å²) < 4.78 is 5.12. The molecule has 1 aliphatic heterocycles. The van der Waals surface area contributed by atoms with Gasteiger partial charge in [-0.15, -0.1) is 0 Å². The molecule has 2 atom stereocenters. The number of rotatable bonds is 5. The van der Waals surface area contributed by atoms with Crippen LogP contribution in [0.15, 0.2) is 48.5 Å². The predicted molar refractivity (Wildman–Crippen MR) is 106 cm³/mol. The average molecular weight is 367 g/mol. The Balaban J connectivity index is 1.70. The highest BCUT2D eigenvalue weighted by Gasteiger charge is 2.25. The highest BCUT2D eigenvalue weighted by Crippen LogP contribution is 2.22. The quantitative estimate of drug-likeness (QED) is 0.758. The van der Waals surface area contributed by atoms with E-state index in [9.17, 15) is 9.59 Å². The molecule has 142 valence electrons. The Kier molecular flexibility index (Phi) is 6.08. The van der Waals surface area contributed by atoms with E-state index in [0.29, 0.717) is 23.0 Å². The lowest BCUT2D eigenvalue weighted by Gasteiger charge is -2.27. The molecule has 0 aromatic heterocycles. The predicted octanol–water partition coefficient (Wildman–Crippen LogP) is 3.27. The van der Waals surface area contributed by atoms with Gasteiger partial charge in [-0.05, 0) is 62.7 Å². The summed E-state index contributed by atoms with van der Waals surface area (Å²) in [5.74, 6) is 0.374. The van der Waals surface area contributed by atoms with Crippen molar-refractivity contribution in [2.45, 2.75) is 25.8 Å². The van der Waals surface area contributed by atoms with Crippen molar-refractivity contribution in [2.75, 3.05) is 24.3 Å². The van der Waals surface area contributed by atoms with Crippen LogP contribution < -0.4 is 20.7 Å². The monoisotopic (exact) mass is 367 g/mol. The number of piperidine rings is 1. The lowest BCUT2D eigenvalue weighted by molar-refractivity contribution is -0.120. The molecule has 0 radical (unpaired) electrons. The molecule has 6 heteroatoms. The fraction of sp³-hybridized carbons (Fsp3) is 0.333. The molecule has 1 saturated heterocycles. The summed E-state index contributed by atoms with van der Waals surface area (Å²) in [5, 5.41) is 9.13. The molecular formula is C21H25N3O3. The number of ether oxygens (including phenoxy) is 1. The average Bonchev–Trinajstić information content (AvgIpc) is 2.69. The largest absolute Gasteiger partial charge is 0.497 e. The number of methoxy groups -OCH3 is 1. The molecule has 1 aliphatic rings. The Hall–Kier alpha value is -2.86. The van der Waals surface area contributed by atoms with Gasteiger partial charge in [0.2, 0.25) is 5.91 Å². The summed E-state index contributed by atoms with van der Waals surface area (Å²) in [4.78, 5) is 25.3. The standard InChI is InChI=1S/C21H25N3O3/c1-14-13-15(11-12-22-14)20(25)24-19-6-4-3-5-18(19)21(26)23-16-7-9-17(27-2)10-8-16/h3-10,14-15,22H,11-13H2,1-2H3,(H,23,26)(H,24,25)/t14-,15-/m0/s1. The molecule has 6 nitrogen and oxygen atoms in total. The Morgan fingerprint density at radius 1 is 1.07 bits per heavy atom. The molecule has 3 rings (SSSR count). The van der Waals surface area contributed by atoms with Crippen LogP contribution in [0.2, 0.25) is 0 Å². The number of hydrogen-bond donors (Lipinski definition) is 3. The van der Waals surface area contributed by atoms with Crippen LogP contribution in [0.1, 0.15) is 30.1 Å². The molecule has 2 amide bonds. The minimum absolute atomic E-state index is 0.0342. The van der Waals surface area contributed by atoms with Crippen LogP contribution in [0.5, 0.6) is 5.75 Å². The van der Waals surface area contributed by atoms with E-state index in [1.54, 1.807) is 49.6 Å². The van der Waals surface area contributed by atoms with E-state index in [-0.39, 0.29) is 17.7 Å². The Labute approximate surface area is 159 Å². The van der Waals surface area contributed by atoms with Gasteiger partial charge in [0.15, 0.2) is 0 Å². The third-order valence-corrected chi connectivity index (χ3v) is 4.77. The molecular weight excluding hydrogens is 342 g/mol. The molecule has 0 spiro atoms. The van der Waals surface area contributed by atoms with Gasteiger partial charge >= 0.3 is 0 Å². The highest BCUT2D eigenvalue weighted by molar-refractivity contribution is 6.10. The second-order valence-corrected chi connectivity index (χ2v) is 6.79. The topological polar surface area (TPSA) is 79.5 Å². The zero-order valence-electron chi connectivity index (χ0n) is 15.6. The molecule has 27 heavy (non-hydrogen) atoms. The van der Waals surface area contributed by atoms with Gasteiger partial charge in [-0.1, -0.05) is 12.1 Å². The first-order valence-corrected chi connectivity index (χ1v) is 9.15. The van der Waals surface area contributed by atoms with Gasteiger partial charge in [0.25, 0.3) is 5.91 Å². The molecule has 3 N–H and O–H groups in total. The molecule has 2 aromatic carbocycles. The third kappa shape index (κ3) is 4.86. The number of benzene rings is 2. The third-order valence-electron chi connectivity index (χ3n) is 4.77. The maximum absolute atomic E-state index is 12.7. The molecule has 0 unspecified atom stereocenters. The first-order valence-electron chi connectivity index (χ1n) is 9.15. The zero-order chi connectivity index (χ0) is 19.2. The minimum Gasteiger partial charge on any atom is -0.497 e. The number of nitrogens with one attached hydrogen (secondary N) is 3. The normalized spacial score (nSPS) is 19.2. The summed E-state index contributed by atoms with van der Waals surface area (Å²) in [5.41, 5.74) is 1.62. The van der Waals surface area contributed by atoms with Crippen LogP contribution in [0, 0.1) is 5.92 Å². The maximum Gasteiger partial charge on any atom is 0.257 e. The van der Waals surface area contributed by atoms with E-state index in [4.69, 9.17) is 4.74 Å². The van der Waals surface area contributed by atoms with E-state index in [2.05, 4.69) is 22.9 Å². The second-order valence-electron chi connectivity index (χ2n) is 6.79. The van der Waals surface area contributed by atoms with Gasteiger partial charge in [-0.25, -0.2) is 0 Å². The van der Waals surface area contributed by atoms with Crippen molar-refractivity contribution >= 4 is 23.2 Å². The fourth-order valence-electron chi connectivity index (χ4n) is 3.27. The SMILES string of the molecule is COc1ccc(NC(=O)c2ccccc2NC(=O)[C@H]2CCN[C@@H](C)C2)cc1. The van der Waals surface area contributed by atoms with Crippen LogP contribution >= 0.6 is 0 Å². The fourth-order valence-corrected chi connectivity index (χ4v) is 3.27. The number of carbonyl (C=O) groups is 2. The van der Waals surface area contributed by atoms with Gasteiger partial charge in [-0.3, -0.25) is 9.59 Å². The van der Waals surface area contributed by atoms with Crippen LogP contribution in [0.25, 0.3) is 0 Å². The Morgan fingerprint density at radius 2 is 1.81 bits per heavy atom. The van der Waals surface area contributed by atoms with Crippen molar-refractivity contribution in [3.8, 4) is 5.75 Å². The second kappa shape index (κ2) is 8.68. The maximum atomic E-state index is 12.7. The van der Waals surface area contributed by atoms with Crippen molar-refractivity contribution in [1.29, 1.82) is 0 Å². The number of amides is 2. The number of carbonyl (C=O) groups excluding carboxylic acids is 2. The number of hydrogen-bond acceptors (Lipinski definition) is 4. The molecule has 0 aliphatic carbocycles. The van der Waals surface area contributed by atoms with Crippen LogP contribution in [-0.4, -0.2) is 31.5 Å². The molecule has 2 aromatic rings. The van der Waals surface area contributed by atoms with Crippen LogP contribution in [-0.2, 0) is 4.79 Å². The number of anilines is 2. The first-order chi connectivity index (χ1) is 13.1. The van der Waals surface area contributed by atoms with Crippen molar-refractivity contribution < 1.29 is 14.3 Å². The summed E-state index contributed by atoms with van der Waals surface area (Å²) in [6.45, 7) is 2.91.